The van der Waals surface area contributed by atoms with E-state index < -0.39 is 19.1 Å². The van der Waals surface area contributed by atoms with Crippen molar-refractivity contribution in [3.63, 3.8) is 0 Å². The molecule has 0 heterocycles. The Morgan fingerprint density at radius 3 is 2.00 bits per heavy atom. The fourth-order valence-corrected chi connectivity index (χ4v) is 4.19. The minimum absolute atomic E-state index is 0.0413. The summed E-state index contributed by atoms with van der Waals surface area (Å²) in [5, 5.41) is 0. The number of halogens is 1. The van der Waals surface area contributed by atoms with Crippen LogP contribution < -0.4 is 4.72 Å². The fourth-order valence-electron chi connectivity index (χ4n) is 2.31. The van der Waals surface area contributed by atoms with E-state index in [9.17, 15) is 16.8 Å². The molecule has 0 aliphatic heterocycles. The van der Waals surface area contributed by atoms with Gasteiger partial charge in [0.15, 0.2) is 0 Å². The molecule has 2 rings (SSSR count). The molecular weight excluding hydrogens is 322 g/mol. The summed E-state index contributed by atoms with van der Waals surface area (Å²) in [7, 11) is -2.25. The first-order chi connectivity index (χ1) is 9.29. The molecule has 1 saturated carbocycles. The Morgan fingerprint density at radius 2 is 1.50 bits per heavy atom. The summed E-state index contributed by atoms with van der Waals surface area (Å²) < 4.78 is 48.9. The molecule has 0 atom stereocenters. The van der Waals surface area contributed by atoms with Gasteiger partial charge in [0.05, 0.1) is 9.79 Å². The molecule has 1 N–H and O–H groups in total. The van der Waals surface area contributed by atoms with Crippen molar-refractivity contribution in [1.29, 1.82) is 0 Å². The van der Waals surface area contributed by atoms with Crippen LogP contribution in [0.1, 0.15) is 25.7 Å². The van der Waals surface area contributed by atoms with Gasteiger partial charge in [0.2, 0.25) is 10.0 Å². The normalized spacial score (nSPS) is 17.4. The van der Waals surface area contributed by atoms with E-state index in [0.29, 0.717) is 12.5 Å². The average molecular weight is 338 g/mol. The molecule has 0 bridgehead atoms. The molecule has 112 valence electrons. The molecule has 5 nitrogen and oxygen atoms in total. The monoisotopic (exact) mass is 337 g/mol. The largest absolute Gasteiger partial charge is 0.261 e. The second-order valence-electron chi connectivity index (χ2n) is 4.91. The van der Waals surface area contributed by atoms with Crippen LogP contribution in [0, 0.1) is 5.92 Å². The summed E-state index contributed by atoms with van der Waals surface area (Å²) in [6.45, 7) is 0.428. The summed E-state index contributed by atoms with van der Waals surface area (Å²) >= 11 is 0. The topological polar surface area (TPSA) is 80.3 Å². The van der Waals surface area contributed by atoms with Crippen molar-refractivity contribution in [2.75, 3.05) is 6.54 Å². The highest BCUT2D eigenvalue weighted by molar-refractivity contribution is 8.13. The maximum atomic E-state index is 12.1. The zero-order chi connectivity index (χ0) is 14.8. The van der Waals surface area contributed by atoms with E-state index in [4.69, 9.17) is 10.7 Å². The molecule has 0 radical (unpaired) electrons. The first-order valence-corrected chi connectivity index (χ1v) is 10.1. The number of sulfonamides is 1. The van der Waals surface area contributed by atoms with Crippen molar-refractivity contribution in [1.82, 2.24) is 4.72 Å². The fraction of sp³-hybridized carbons (Fsp3) is 0.500. The van der Waals surface area contributed by atoms with Gasteiger partial charge in [0, 0.05) is 17.2 Å². The molecule has 20 heavy (non-hydrogen) atoms. The van der Waals surface area contributed by atoms with E-state index in [1.807, 2.05) is 0 Å². The summed E-state index contributed by atoms with van der Waals surface area (Å²) in [5.41, 5.74) is 0. The molecule has 8 heteroatoms. The van der Waals surface area contributed by atoms with E-state index in [1.54, 1.807) is 0 Å². The van der Waals surface area contributed by atoms with Crippen LogP contribution in [0.25, 0.3) is 0 Å². The molecule has 1 aliphatic rings. The van der Waals surface area contributed by atoms with Crippen molar-refractivity contribution in [3.05, 3.63) is 24.3 Å². The van der Waals surface area contributed by atoms with Gasteiger partial charge in [-0.15, -0.1) is 0 Å². The highest BCUT2D eigenvalue weighted by Gasteiger charge is 2.20. The molecule has 1 aromatic carbocycles. The van der Waals surface area contributed by atoms with E-state index >= 15 is 0 Å². The third-order valence-corrected chi connectivity index (χ3v) is 6.26. The zero-order valence-corrected chi connectivity index (χ0v) is 13.1. The highest BCUT2D eigenvalue weighted by Crippen LogP contribution is 2.24. The second-order valence-corrected chi connectivity index (χ2v) is 9.24. The maximum absolute atomic E-state index is 12.1. The minimum atomic E-state index is -3.83. The zero-order valence-electron chi connectivity index (χ0n) is 10.7. The van der Waals surface area contributed by atoms with Crippen molar-refractivity contribution in [3.8, 4) is 0 Å². The van der Waals surface area contributed by atoms with Crippen LogP contribution in [-0.2, 0) is 19.1 Å². The number of nitrogens with one attached hydrogen (secondary N) is 1. The number of rotatable bonds is 5. The lowest BCUT2D eigenvalue weighted by atomic mass is 10.1. The van der Waals surface area contributed by atoms with Crippen LogP contribution in [0.3, 0.4) is 0 Å². The van der Waals surface area contributed by atoms with E-state index in [-0.39, 0.29) is 9.79 Å². The van der Waals surface area contributed by atoms with E-state index in [2.05, 4.69) is 4.72 Å². The van der Waals surface area contributed by atoms with Crippen LogP contribution in [0.2, 0.25) is 0 Å². The van der Waals surface area contributed by atoms with E-state index in [1.165, 1.54) is 24.3 Å². The number of hydrogen-bond donors (Lipinski definition) is 1. The summed E-state index contributed by atoms with van der Waals surface area (Å²) in [4.78, 5) is -0.0755. The van der Waals surface area contributed by atoms with Crippen LogP contribution in [-0.4, -0.2) is 23.4 Å². The average Bonchev–Trinajstić information content (AvgIpc) is 2.89. The van der Waals surface area contributed by atoms with Crippen LogP contribution >= 0.6 is 10.7 Å². The standard InChI is InChI=1S/C12H16ClNO4S2/c13-19(15,16)11-5-7-12(8-6-11)20(17,18)14-9-10-3-1-2-4-10/h5-8,10,14H,1-4,9H2. The predicted octanol–water partition coefficient (Wildman–Crippen LogP) is 2.08. The van der Waals surface area contributed by atoms with Gasteiger partial charge in [-0.05, 0) is 43.0 Å². The number of benzene rings is 1. The quantitative estimate of drug-likeness (QED) is 0.834. The molecular formula is C12H16ClNO4S2. The first kappa shape index (κ1) is 15.8. The Labute approximate surface area is 123 Å². The minimum Gasteiger partial charge on any atom is -0.211 e. The van der Waals surface area contributed by atoms with Gasteiger partial charge in [0.1, 0.15) is 0 Å². The Balaban J connectivity index is 2.09. The predicted molar refractivity (Wildman–Crippen MR) is 76.6 cm³/mol. The SMILES string of the molecule is O=S(=O)(Cl)c1ccc(S(=O)(=O)NCC2CCCC2)cc1. The Kier molecular flexibility index (Phi) is 4.73. The van der Waals surface area contributed by atoms with Crippen molar-refractivity contribution in [2.45, 2.75) is 35.5 Å². The second kappa shape index (κ2) is 6.01. The van der Waals surface area contributed by atoms with Gasteiger partial charge >= 0.3 is 0 Å². The Hall–Kier alpha value is -0.630. The molecule has 1 aliphatic carbocycles. The summed E-state index contributed by atoms with van der Waals surface area (Å²) in [6.07, 6.45) is 4.39. The molecule has 0 saturated heterocycles. The molecule has 0 spiro atoms. The van der Waals surface area contributed by atoms with Crippen molar-refractivity contribution in [2.24, 2.45) is 5.92 Å². The smallest absolute Gasteiger partial charge is 0.211 e. The molecule has 0 unspecified atom stereocenters. The third kappa shape index (κ3) is 3.94. The van der Waals surface area contributed by atoms with Gasteiger partial charge in [-0.3, -0.25) is 0 Å². The highest BCUT2D eigenvalue weighted by atomic mass is 35.7. The maximum Gasteiger partial charge on any atom is 0.261 e. The molecule has 0 amide bonds. The van der Waals surface area contributed by atoms with Gasteiger partial charge in [-0.2, -0.15) is 0 Å². The Morgan fingerprint density at radius 1 is 1.00 bits per heavy atom. The molecule has 1 fully saturated rings. The third-order valence-electron chi connectivity index (χ3n) is 3.45. The van der Waals surface area contributed by atoms with Crippen LogP contribution in [0.5, 0.6) is 0 Å². The molecule has 1 aromatic rings. The molecule has 0 aromatic heterocycles. The van der Waals surface area contributed by atoms with Crippen LogP contribution in [0.4, 0.5) is 0 Å². The van der Waals surface area contributed by atoms with Gasteiger partial charge in [0.25, 0.3) is 9.05 Å². The lowest BCUT2D eigenvalue weighted by molar-refractivity contribution is 0.519. The Bertz CT molecular complexity index is 662. The van der Waals surface area contributed by atoms with Gasteiger partial charge < -0.3 is 0 Å². The lowest BCUT2D eigenvalue weighted by Crippen LogP contribution is -2.28. The van der Waals surface area contributed by atoms with Gasteiger partial charge in [-0.25, -0.2) is 21.6 Å². The van der Waals surface area contributed by atoms with E-state index in [0.717, 1.165) is 25.7 Å². The van der Waals surface area contributed by atoms with Crippen molar-refractivity contribution >= 4 is 29.8 Å². The number of hydrogen-bond acceptors (Lipinski definition) is 4. The van der Waals surface area contributed by atoms with Gasteiger partial charge in [-0.1, -0.05) is 12.8 Å². The summed E-state index contributed by atoms with van der Waals surface area (Å²) in [6, 6.07) is 4.86. The first-order valence-electron chi connectivity index (χ1n) is 6.33. The lowest BCUT2D eigenvalue weighted by Gasteiger charge is -2.11. The van der Waals surface area contributed by atoms with Crippen LogP contribution in [0.15, 0.2) is 34.1 Å². The summed E-state index contributed by atoms with van der Waals surface area (Å²) in [5.74, 6) is 0.396. The van der Waals surface area contributed by atoms with Crippen molar-refractivity contribution < 1.29 is 16.8 Å².